The van der Waals surface area contributed by atoms with Crippen molar-refractivity contribution in [1.82, 2.24) is 14.9 Å². The molecule has 1 aliphatic heterocycles. The van der Waals surface area contributed by atoms with Gasteiger partial charge in [-0.15, -0.1) is 0 Å². The van der Waals surface area contributed by atoms with E-state index >= 15 is 0 Å². The number of H-pyrrole nitrogens is 1. The van der Waals surface area contributed by atoms with E-state index in [1.165, 1.54) is 46.9 Å². The maximum absolute atomic E-state index is 5.74. The van der Waals surface area contributed by atoms with E-state index in [0.717, 1.165) is 18.8 Å². The Morgan fingerprint density at radius 2 is 2.08 bits per heavy atom. The Balaban J connectivity index is 1.72. The summed E-state index contributed by atoms with van der Waals surface area (Å²) in [5, 5.41) is 1.27. The molecule has 1 saturated heterocycles. The van der Waals surface area contributed by atoms with Crippen LogP contribution in [0.5, 0.6) is 5.75 Å². The van der Waals surface area contributed by atoms with E-state index in [4.69, 9.17) is 4.74 Å². The van der Waals surface area contributed by atoms with Crippen molar-refractivity contribution in [3.63, 3.8) is 0 Å². The van der Waals surface area contributed by atoms with Crippen LogP contribution in [0.15, 0.2) is 42.9 Å². The van der Waals surface area contributed by atoms with Crippen LogP contribution in [-0.4, -0.2) is 28.5 Å². The molecule has 0 bridgehead atoms. The molecule has 0 saturated carbocycles. The number of aromatic amines is 1. The summed E-state index contributed by atoms with van der Waals surface area (Å²) in [6.07, 6.45) is 9.57. The van der Waals surface area contributed by atoms with Gasteiger partial charge in [-0.25, -0.2) is 0 Å². The summed E-state index contributed by atoms with van der Waals surface area (Å²) in [4.78, 5) is 10.2. The van der Waals surface area contributed by atoms with Gasteiger partial charge in [-0.05, 0) is 61.7 Å². The highest BCUT2D eigenvalue weighted by atomic mass is 16.5. The molecular formula is C21H25N3O. The molecule has 130 valence electrons. The van der Waals surface area contributed by atoms with Gasteiger partial charge in [0, 0.05) is 47.6 Å². The number of hydrogen-bond donors (Lipinski definition) is 1. The quantitative estimate of drug-likeness (QED) is 0.757. The first-order chi connectivity index (χ1) is 12.3. The van der Waals surface area contributed by atoms with Crippen molar-refractivity contribution in [1.29, 1.82) is 0 Å². The Hall–Kier alpha value is -2.33. The van der Waals surface area contributed by atoms with E-state index in [2.05, 4.69) is 46.1 Å². The Morgan fingerprint density at radius 3 is 2.88 bits per heavy atom. The lowest BCUT2D eigenvalue weighted by molar-refractivity contribution is 0.139. The molecule has 3 aromatic rings. The SMILES string of the molecule is COc1cc(C)c2[nH]ccc2c1CN1CCCC[C@@H]1c1ccncc1. The highest BCUT2D eigenvalue weighted by Crippen LogP contribution is 2.36. The third kappa shape index (κ3) is 3.02. The van der Waals surface area contributed by atoms with Gasteiger partial charge in [0.15, 0.2) is 0 Å². The van der Waals surface area contributed by atoms with Gasteiger partial charge in [0.2, 0.25) is 0 Å². The number of nitrogens with zero attached hydrogens (tertiary/aromatic N) is 2. The fraction of sp³-hybridized carbons (Fsp3) is 0.381. The van der Waals surface area contributed by atoms with Gasteiger partial charge in [0.05, 0.1) is 7.11 Å². The van der Waals surface area contributed by atoms with Crippen molar-refractivity contribution in [2.75, 3.05) is 13.7 Å². The minimum absolute atomic E-state index is 0.455. The van der Waals surface area contributed by atoms with Gasteiger partial charge in [-0.1, -0.05) is 6.42 Å². The molecule has 1 atom stereocenters. The maximum Gasteiger partial charge on any atom is 0.124 e. The van der Waals surface area contributed by atoms with Crippen LogP contribution in [0.4, 0.5) is 0 Å². The van der Waals surface area contributed by atoms with Gasteiger partial charge in [-0.3, -0.25) is 9.88 Å². The lowest BCUT2D eigenvalue weighted by Crippen LogP contribution is -2.33. The number of aromatic nitrogens is 2. The van der Waals surface area contributed by atoms with E-state index in [9.17, 15) is 0 Å². The number of piperidine rings is 1. The normalized spacial score (nSPS) is 18.6. The monoisotopic (exact) mass is 335 g/mol. The Kier molecular flexibility index (Phi) is 4.45. The highest BCUT2D eigenvalue weighted by Gasteiger charge is 2.26. The molecule has 1 aliphatic rings. The van der Waals surface area contributed by atoms with Crippen LogP contribution in [0.3, 0.4) is 0 Å². The van der Waals surface area contributed by atoms with E-state index in [-0.39, 0.29) is 0 Å². The zero-order valence-electron chi connectivity index (χ0n) is 15.0. The molecule has 0 radical (unpaired) electrons. The second kappa shape index (κ2) is 6.89. The lowest BCUT2D eigenvalue weighted by Gasteiger charge is -2.36. The number of methoxy groups -OCH3 is 1. The largest absolute Gasteiger partial charge is 0.496 e. The van der Waals surface area contributed by atoms with Crippen molar-refractivity contribution in [2.45, 2.75) is 38.8 Å². The van der Waals surface area contributed by atoms with Gasteiger partial charge in [-0.2, -0.15) is 0 Å². The molecule has 4 rings (SSSR count). The molecule has 2 aromatic heterocycles. The number of hydrogen-bond acceptors (Lipinski definition) is 3. The standard InChI is InChI=1S/C21H25N3O/c1-15-13-20(25-2)18(17-8-11-23-21(15)17)14-24-12-4-3-5-19(24)16-6-9-22-10-7-16/h6-11,13,19,23H,3-5,12,14H2,1-2H3/t19-/m1/s1. The van der Waals surface area contributed by atoms with E-state index < -0.39 is 0 Å². The minimum atomic E-state index is 0.455. The number of pyridine rings is 1. The fourth-order valence-electron chi connectivity index (χ4n) is 4.13. The second-order valence-corrected chi connectivity index (χ2v) is 6.90. The topological polar surface area (TPSA) is 41.1 Å². The van der Waals surface area contributed by atoms with E-state index in [1.54, 1.807) is 7.11 Å². The van der Waals surface area contributed by atoms with Crippen LogP contribution >= 0.6 is 0 Å². The third-order valence-electron chi connectivity index (χ3n) is 5.40. The summed E-state index contributed by atoms with van der Waals surface area (Å²) in [6, 6.07) is 9.09. The molecule has 0 spiro atoms. The van der Waals surface area contributed by atoms with Crippen molar-refractivity contribution in [2.24, 2.45) is 0 Å². The predicted octanol–water partition coefficient (Wildman–Crippen LogP) is 4.61. The summed E-state index contributed by atoms with van der Waals surface area (Å²) in [7, 11) is 1.77. The van der Waals surface area contributed by atoms with E-state index in [0.29, 0.717) is 6.04 Å². The highest BCUT2D eigenvalue weighted by molar-refractivity contribution is 5.88. The number of rotatable bonds is 4. The van der Waals surface area contributed by atoms with Crippen LogP contribution in [-0.2, 0) is 6.54 Å². The number of nitrogens with one attached hydrogen (secondary N) is 1. The van der Waals surface area contributed by atoms with Crippen molar-refractivity contribution in [3.8, 4) is 5.75 Å². The molecule has 25 heavy (non-hydrogen) atoms. The van der Waals surface area contributed by atoms with Crippen LogP contribution in [0, 0.1) is 6.92 Å². The Bertz CT molecular complexity index is 856. The molecule has 0 unspecified atom stereocenters. The van der Waals surface area contributed by atoms with Gasteiger partial charge >= 0.3 is 0 Å². The summed E-state index contributed by atoms with van der Waals surface area (Å²) < 4.78 is 5.74. The van der Waals surface area contributed by atoms with Crippen LogP contribution < -0.4 is 4.74 Å². The molecule has 0 aliphatic carbocycles. The molecule has 1 N–H and O–H groups in total. The molecule has 4 nitrogen and oxygen atoms in total. The molecule has 0 amide bonds. The Labute approximate surface area is 148 Å². The van der Waals surface area contributed by atoms with E-state index in [1.807, 2.05) is 18.6 Å². The van der Waals surface area contributed by atoms with Crippen LogP contribution in [0.25, 0.3) is 10.9 Å². The fourth-order valence-corrected chi connectivity index (χ4v) is 4.13. The predicted molar refractivity (Wildman–Crippen MR) is 101 cm³/mol. The Morgan fingerprint density at radius 1 is 1.24 bits per heavy atom. The van der Waals surface area contributed by atoms with Crippen LogP contribution in [0.2, 0.25) is 0 Å². The molecule has 1 aromatic carbocycles. The second-order valence-electron chi connectivity index (χ2n) is 6.90. The number of fused-ring (bicyclic) bond motifs is 1. The smallest absolute Gasteiger partial charge is 0.124 e. The van der Waals surface area contributed by atoms with Crippen molar-refractivity contribution in [3.05, 3.63) is 59.5 Å². The van der Waals surface area contributed by atoms with Crippen LogP contribution in [0.1, 0.15) is 42.0 Å². The summed E-state index contributed by atoms with van der Waals surface area (Å²) in [6.45, 7) is 4.16. The summed E-state index contributed by atoms with van der Waals surface area (Å²) >= 11 is 0. The first-order valence-corrected chi connectivity index (χ1v) is 9.05. The summed E-state index contributed by atoms with van der Waals surface area (Å²) in [5.41, 5.74) is 5.09. The first-order valence-electron chi connectivity index (χ1n) is 9.05. The number of aryl methyl sites for hydroxylation is 1. The van der Waals surface area contributed by atoms with Gasteiger partial charge in [0.25, 0.3) is 0 Å². The molecule has 1 fully saturated rings. The number of ether oxygens (including phenoxy) is 1. The minimum Gasteiger partial charge on any atom is -0.496 e. The van der Waals surface area contributed by atoms with Crippen molar-refractivity contribution < 1.29 is 4.74 Å². The maximum atomic E-state index is 5.74. The summed E-state index contributed by atoms with van der Waals surface area (Å²) in [5.74, 6) is 0.989. The number of likely N-dealkylation sites (tertiary alicyclic amines) is 1. The molecular weight excluding hydrogens is 310 g/mol. The first kappa shape index (κ1) is 16.2. The van der Waals surface area contributed by atoms with Gasteiger partial charge < -0.3 is 9.72 Å². The average Bonchev–Trinajstić information content (AvgIpc) is 3.15. The molecule has 3 heterocycles. The van der Waals surface area contributed by atoms with Crippen molar-refractivity contribution >= 4 is 10.9 Å². The third-order valence-corrected chi connectivity index (χ3v) is 5.40. The zero-order chi connectivity index (χ0) is 17.2. The average molecular weight is 335 g/mol. The number of benzene rings is 1. The zero-order valence-corrected chi connectivity index (χ0v) is 15.0. The van der Waals surface area contributed by atoms with Gasteiger partial charge in [0.1, 0.15) is 5.75 Å². The lowest BCUT2D eigenvalue weighted by atomic mass is 9.94. The molecule has 4 heteroatoms.